The van der Waals surface area contributed by atoms with Crippen LogP contribution in [0.15, 0.2) is 42.6 Å². The number of Topliss-reactive ketones (excluding diaryl/α,β-unsaturated/α-hetero) is 1. The smallest absolute Gasteiger partial charge is 0.178 e. The average Bonchev–Trinajstić information content (AvgIpc) is 2.87. The summed E-state index contributed by atoms with van der Waals surface area (Å²) >= 11 is 0. The first-order valence-electron chi connectivity index (χ1n) is 7.30. The topological polar surface area (TPSA) is 34.4 Å². The number of carbonyl (C=O) groups is 1. The number of ketones is 1. The minimum absolute atomic E-state index is 0.0133. The number of hydrogen-bond donors (Lipinski definition) is 0. The Bertz CT molecular complexity index is 888. The highest BCUT2D eigenvalue weighted by Gasteiger charge is 2.13. The van der Waals surface area contributed by atoms with Gasteiger partial charge in [0.1, 0.15) is 11.3 Å². The molecular formula is C19H18N2O. The van der Waals surface area contributed by atoms with E-state index in [0.717, 1.165) is 11.2 Å². The summed E-state index contributed by atoms with van der Waals surface area (Å²) in [5, 5.41) is 0. The van der Waals surface area contributed by atoms with Crippen LogP contribution >= 0.6 is 0 Å². The SMILES string of the molecule is CC(=O)c1c(C=Cc2cccc(C)c2C)nc2ccccn12. The number of carbonyl (C=O) groups excluding carboxylic acids is 1. The molecule has 0 saturated carbocycles. The first kappa shape index (κ1) is 14.3. The Morgan fingerprint density at radius 2 is 1.91 bits per heavy atom. The lowest BCUT2D eigenvalue weighted by Crippen LogP contribution is -2.00. The van der Waals surface area contributed by atoms with Gasteiger partial charge in [-0.2, -0.15) is 0 Å². The lowest BCUT2D eigenvalue weighted by Gasteiger charge is -2.03. The molecule has 0 saturated heterocycles. The number of nitrogens with zero attached hydrogens (tertiary/aromatic N) is 2. The number of fused-ring (bicyclic) bond motifs is 1. The third-order valence-electron chi connectivity index (χ3n) is 3.96. The molecule has 3 heteroatoms. The molecule has 0 spiro atoms. The molecule has 0 N–H and O–H groups in total. The number of hydrogen-bond acceptors (Lipinski definition) is 2. The summed E-state index contributed by atoms with van der Waals surface area (Å²) in [4.78, 5) is 16.5. The minimum atomic E-state index is 0.0133. The van der Waals surface area contributed by atoms with Crippen LogP contribution in [0.5, 0.6) is 0 Å². The highest BCUT2D eigenvalue weighted by Crippen LogP contribution is 2.19. The van der Waals surface area contributed by atoms with Crippen LogP contribution in [-0.2, 0) is 0 Å². The largest absolute Gasteiger partial charge is 0.297 e. The first-order valence-corrected chi connectivity index (χ1v) is 7.30. The van der Waals surface area contributed by atoms with Crippen LogP contribution in [0.1, 0.15) is 39.8 Å². The molecule has 2 heterocycles. The van der Waals surface area contributed by atoms with Crippen LogP contribution in [0, 0.1) is 13.8 Å². The molecule has 110 valence electrons. The highest BCUT2D eigenvalue weighted by atomic mass is 16.1. The molecule has 0 amide bonds. The maximum atomic E-state index is 12.0. The van der Waals surface area contributed by atoms with Crippen molar-refractivity contribution < 1.29 is 4.79 Å². The van der Waals surface area contributed by atoms with Crippen molar-refractivity contribution >= 4 is 23.6 Å². The van der Waals surface area contributed by atoms with E-state index < -0.39 is 0 Å². The summed E-state index contributed by atoms with van der Waals surface area (Å²) in [7, 11) is 0. The van der Waals surface area contributed by atoms with E-state index in [1.54, 1.807) is 6.92 Å². The lowest BCUT2D eigenvalue weighted by molar-refractivity contribution is 0.101. The van der Waals surface area contributed by atoms with Gasteiger partial charge in [-0.1, -0.05) is 30.3 Å². The zero-order valence-corrected chi connectivity index (χ0v) is 13.0. The van der Waals surface area contributed by atoms with Crippen molar-refractivity contribution in [3.05, 3.63) is 70.7 Å². The standard InChI is InChI=1S/C19H18N2O/c1-13-7-6-8-16(14(13)2)10-11-17-19(15(3)22)21-12-5-4-9-18(21)20-17/h4-12H,1-3H3. The van der Waals surface area contributed by atoms with E-state index in [-0.39, 0.29) is 5.78 Å². The zero-order valence-electron chi connectivity index (χ0n) is 13.0. The molecule has 22 heavy (non-hydrogen) atoms. The van der Waals surface area contributed by atoms with Gasteiger partial charge in [-0.05, 0) is 48.7 Å². The zero-order chi connectivity index (χ0) is 15.7. The molecule has 3 nitrogen and oxygen atoms in total. The Hall–Kier alpha value is -2.68. The van der Waals surface area contributed by atoms with Crippen molar-refractivity contribution in [2.24, 2.45) is 0 Å². The van der Waals surface area contributed by atoms with Gasteiger partial charge < -0.3 is 0 Å². The van der Waals surface area contributed by atoms with Crippen LogP contribution in [0.3, 0.4) is 0 Å². The molecule has 3 aromatic rings. The molecule has 2 aromatic heterocycles. The first-order chi connectivity index (χ1) is 10.6. The Morgan fingerprint density at radius 3 is 2.68 bits per heavy atom. The predicted molar refractivity (Wildman–Crippen MR) is 90.0 cm³/mol. The number of aryl methyl sites for hydroxylation is 1. The fourth-order valence-corrected chi connectivity index (χ4v) is 2.60. The van der Waals surface area contributed by atoms with Crippen LogP contribution in [0.25, 0.3) is 17.8 Å². The Labute approximate surface area is 129 Å². The number of benzene rings is 1. The summed E-state index contributed by atoms with van der Waals surface area (Å²) < 4.78 is 1.84. The predicted octanol–water partition coefficient (Wildman–Crippen LogP) is 4.32. The van der Waals surface area contributed by atoms with Crippen molar-refractivity contribution in [1.82, 2.24) is 9.38 Å². The summed E-state index contributed by atoms with van der Waals surface area (Å²) in [5.41, 5.74) is 5.76. The van der Waals surface area contributed by atoms with Gasteiger partial charge in [-0.15, -0.1) is 0 Å². The Balaban J connectivity index is 2.11. The molecular weight excluding hydrogens is 272 g/mol. The van der Waals surface area contributed by atoms with E-state index in [1.807, 2.05) is 47.0 Å². The molecule has 0 radical (unpaired) electrons. The van der Waals surface area contributed by atoms with Gasteiger partial charge in [0, 0.05) is 13.1 Å². The Kier molecular flexibility index (Phi) is 3.63. The van der Waals surface area contributed by atoms with E-state index >= 15 is 0 Å². The molecule has 0 aliphatic carbocycles. The third-order valence-corrected chi connectivity index (χ3v) is 3.96. The quantitative estimate of drug-likeness (QED) is 0.673. The van der Waals surface area contributed by atoms with E-state index in [9.17, 15) is 4.79 Å². The second kappa shape index (κ2) is 5.60. The number of pyridine rings is 1. The van der Waals surface area contributed by atoms with Crippen LogP contribution < -0.4 is 0 Å². The molecule has 0 unspecified atom stereocenters. The summed E-state index contributed by atoms with van der Waals surface area (Å²) in [6.07, 6.45) is 5.82. The average molecular weight is 290 g/mol. The normalized spacial score (nSPS) is 11.4. The summed E-state index contributed by atoms with van der Waals surface area (Å²) in [6.45, 7) is 5.77. The molecule has 3 rings (SSSR count). The van der Waals surface area contributed by atoms with E-state index in [1.165, 1.54) is 11.1 Å². The van der Waals surface area contributed by atoms with Gasteiger partial charge in [-0.25, -0.2) is 4.98 Å². The number of rotatable bonds is 3. The third kappa shape index (κ3) is 2.46. The van der Waals surface area contributed by atoms with Crippen molar-refractivity contribution in [2.45, 2.75) is 20.8 Å². The number of imidazole rings is 1. The molecule has 0 fully saturated rings. The van der Waals surface area contributed by atoms with E-state index in [4.69, 9.17) is 0 Å². The molecule has 0 aliphatic rings. The molecule has 0 atom stereocenters. The fraction of sp³-hybridized carbons (Fsp3) is 0.158. The van der Waals surface area contributed by atoms with Gasteiger partial charge >= 0.3 is 0 Å². The van der Waals surface area contributed by atoms with Gasteiger partial charge in [-0.3, -0.25) is 9.20 Å². The Morgan fingerprint density at radius 1 is 1.09 bits per heavy atom. The van der Waals surface area contributed by atoms with Gasteiger partial charge in [0.2, 0.25) is 0 Å². The molecule has 1 aromatic carbocycles. The van der Waals surface area contributed by atoms with Gasteiger partial charge in [0.05, 0.1) is 5.69 Å². The van der Waals surface area contributed by atoms with Gasteiger partial charge in [0.15, 0.2) is 5.78 Å². The minimum Gasteiger partial charge on any atom is -0.297 e. The van der Waals surface area contributed by atoms with E-state index in [2.05, 4.69) is 31.0 Å². The van der Waals surface area contributed by atoms with Crippen LogP contribution in [-0.4, -0.2) is 15.2 Å². The van der Waals surface area contributed by atoms with Crippen LogP contribution in [0.2, 0.25) is 0 Å². The second-order valence-corrected chi connectivity index (χ2v) is 5.45. The maximum absolute atomic E-state index is 12.0. The van der Waals surface area contributed by atoms with E-state index in [0.29, 0.717) is 11.4 Å². The molecule has 0 bridgehead atoms. The van der Waals surface area contributed by atoms with Crippen molar-refractivity contribution in [3.8, 4) is 0 Å². The maximum Gasteiger partial charge on any atom is 0.178 e. The molecule has 0 aliphatic heterocycles. The van der Waals surface area contributed by atoms with Gasteiger partial charge in [0.25, 0.3) is 0 Å². The monoisotopic (exact) mass is 290 g/mol. The summed E-state index contributed by atoms with van der Waals surface area (Å²) in [5.74, 6) is 0.0133. The fourth-order valence-electron chi connectivity index (χ4n) is 2.60. The summed E-state index contributed by atoms with van der Waals surface area (Å²) in [6, 6.07) is 11.9. The number of aromatic nitrogens is 2. The van der Waals surface area contributed by atoms with Crippen molar-refractivity contribution in [2.75, 3.05) is 0 Å². The van der Waals surface area contributed by atoms with Crippen molar-refractivity contribution in [1.29, 1.82) is 0 Å². The second-order valence-electron chi connectivity index (χ2n) is 5.45. The van der Waals surface area contributed by atoms with Crippen LogP contribution in [0.4, 0.5) is 0 Å². The highest BCUT2D eigenvalue weighted by molar-refractivity contribution is 5.97. The lowest BCUT2D eigenvalue weighted by atomic mass is 10.0. The van der Waals surface area contributed by atoms with Crippen molar-refractivity contribution in [3.63, 3.8) is 0 Å².